The molecule has 29 heavy (non-hydrogen) atoms. The van der Waals surface area contributed by atoms with Gasteiger partial charge in [-0.15, -0.1) is 0 Å². The van der Waals surface area contributed by atoms with Crippen molar-refractivity contribution >= 4 is 17.6 Å². The van der Waals surface area contributed by atoms with Crippen LogP contribution in [0.3, 0.4) is 0 Å². The van der Waals surface area contributed by atoms with Gasteiger partial charge in [-0.25, -0.2) is 4.79 Å². The summed E-state index contributed by atoms with van der Waals surface area (Å²) in [6, 6.07) is 5.12. The third kappa shape index (κ3) is 2.82. The van der Waals surface area contributed by atoms with E-state index in [4.69, 9.17) is 9.47 Å². The van der Waals surface area contributed by atoms with Crippen molar-refractivity contribution in [2.24, 2.45) is 11.8 Å². The van der Waals surface area contributed by atoms with Gasteiger partial charge in [-0.1, -0.05) is 19.4 Å². The number of phenolic OH excluding ortho intramolecular Hbond substituents is 1. The van der Waals surface area contributed by atoms with Crippen LogP contribution in [0.5, 0.6) is 5.75 Å². The predicted molar refractivity (Wildman–Crippen MR) is 107 cm³/mol. The maximum absolute atomic E-state index is 13.2. The zero-order valence-corrected chi connectivity index (χ0v) is 17.1. The Labute approximate surface area is 170 Å². The third-order valence-electron chi connectivity index (χ3n) is 7.05. The lowest BCUT2D eigenvalue weighted by atomic mass is 9.67. The Kier molecular flexibility index (Phi) is 5.02. The Morgan fingerprint density at radius 1 is 1.41 bits per heavy atom. The van der Waals surface area contributed by atoms with Crippen molar-refractivity contribution in [1.82, 2.24) is 4.90 Å². The number of nitrogens with zero attached hydrogens (tertiary/aromatic N) is 1. The van der Waals surface area contributed by atoms with Gasteiger partial charge in [0.15, 0.2) is 0 Å². The zero-order valence-electron chi connectivity index (χ0n) is 17.1. The molecule has 0 radical (unpaired) electrons. The molecule has 1 aromatic rings. The van der Waals surface area contributed by atoms with Crippen LogP contribution in [0.15, 0.2) is 30.0 Å². The van der Waals surface area contributed by atoms with Gasteiger partial charge >= 0.3 is 5.97 Å². The Morgan fingerprint density at radius 2 is 2.21 bits per heavy atom. The van der Waals surface area contributed by atoms with Gasteiger partial charge in [-0.05, 0) is 43.4 Å². The van der Waals surface area contributed by atoms with Gasteiger partial charge in [-0.3, -0.25) is 9.69 Å². The first-order valence-electron chi connectivity index (χ1n) is 10.2. The number of methoxy groups -OCH3 is 2. The van der Waals surface area contributed by atoms with Crippen molar-refractivity contribution in [2.45, 2.75) is 37.6 Å². The van der Waals surface area contributed by atoms with Crippen molar-refractivity contribution in [1.29, 1.82) is 0 Å². The number of carbonyl (C=O) groups excluding carboxylic acids is 2. The van der Waals surface area contributed by atoms with E-state index in [1.54, 1.807) is 12.1 Å². The summed E-state index contributed by atoms with van der Waals surface area (Å²) in [5.74, 6) is -0.125. The monoisotopic (exact) mass is 400 g/mol. The SMILES string of the molecule is CC[C@@H]1CN2CC[C@@]3(C(=O)Nc4cccc(O)c43)[C@H]2C[C@@H]1C(=COC)C(=O)OC. The molecule has 2 saturated heterocycles. The topological polar surface area (TPSA) is 88.1 Å². The van der Waals surface area contributed by atoms with Crippen molar-refractivity contribution in [3.8, 4) is 5.75 Å². The first-order valence-corrected chi connectivity index (χ1v) is 10.2. The van der Waals surface area contributed by atoms with Crippen molar-refractivity contribution in [3.05, 3.63) is 35.6 Å². The van der Waals surface area contributed by atoms with Gasteiger partial charge in [0.25, 0.3) is 0 Å². The minimum absolute atomic E-state index is 0.0643. The highest BCUT2D eigenvalue weighted by molar-refractivity contribution is 6.08. The van der Waals surface area contributed by atoms with E-state index < -0.39 is 11.4 Å². The number of hydrogen-bond donors (Lipinski definition) is 2. The average Bonchev–Trinajstić information content (AvgIpc) is 3.24. The molecule has 7 nitrogen and oxygen atoms in total. The number of rotatable bonds is 4. The smallest absolute Gasteiger partial charge is 0.337 e. The quantitative estimate of drug-likeness (QED) is 0.458. The van der Waals surface area contributed by atoms with E-state index in [1.807, 2.05) is 6.07 Å². The second-order valence-corrected chi connectivity index (χ2v) is 8.20. The molecule has 1 amide bonds. The van der Waals surface area contributed by atoms with Crippen LogP contribution in [0, 0.1) is 11.8 Å². The summed E-state index contributed by atoms with van der Waals surface area (Å²) in [4.78, 5) is 28.1. The fourth-order valence-corrected chi connectivity index (χ4v) is 5.73. The molecule has 156 valence electrons. The number of piperidine rings is 1. The first-order chi connectivity index (χ1) is 14.0. The van der Waals surface area contributed by atoms with Crippen LogP contribution in [-0.4, -0.2) is 55.2 Å². The van der Waals surface area contributed by atoms with Crippen LogP contribution < -0.4 is 5.32 Å². The van der Waals surface area contributed by atoms with Crippen LogP contribution >= 0.6 is 0 Å². The Balaban J connectivity index is 1.77. The number of fused-ring (bicyclic) bond motifs is 4. The maximum Gasteiger partial charge on any atom is 0.337 e. The Hall–Kier alpha value is -2.54. The molecule has 0 aliphatic carbocycles. The highest BCUT2D eigenvalue weighted by Crippen LogP contribution is 2.55. The van der Waals surface area contributed by atoms with Gasteiger partial charge in [0.1, 0.15) is 5.75 Å². The van der Waals surface area contributed by atoms with Gasteiger partial charge in [0, 0.05) is 23.8 Å². The van der Waals surface area contributed by atoms with E-state index in [9.17, 15) is 14.7 Å². The fraction of sp³-hybridized carbons (Fsp3) is 0.545. The van der Waals surface area contributed by atoms with Crippen LogP contribution in [0.2, 0.25) is 0 Å². The third-order valence-corrected chi connectivity index (χ3v) is 7.05. The predicted octanol–water partition coefficient (Wildman–Crippen LogP) is 2.41. The number of aromatic hydroxyl groups is 1. The summed E-state index contributed by atoms with van der Waals surface area (Å²) in [5, 5.41) is 13.6. The summed E-state index contributed by atoms with van der Waals surface area (Å²) in [5.41, 5.74) is 1.10. The number of esters is 1. The fourth-order valence-electron chi connectivity index (χ4n) is 5.73. The van der Waals surface area contributed by atoms with Crippen molar-refractivity contribution in [2.75, 3.05) is 32.6 Å². The normalized spacial score (nSPS) is 31.3. The van der Waals surface area contributed by atoms with Crippen LogP contribution in [-0.2, 0) is 24.5 Å². The van der Waals surface area contributed by atoms with Crippen LogP contribution in [0.1, 0.15) is 31.7 Å². The number of amides is 1. The number of phenols is 1. The van der Waals surface area contributed by atoms with E-state index >= 15 is 0 Å². The van der Waals surface area contributed by atoms with Gasteiger partial charge < -0.3 is 19.9 Å². The lowest BCUT2D eigenvalue weighted by Crippen LogP contribution is -2.53. The molecule has 0 saturated carbocycles. The highest BCUT2D eigenvalue weighted by Gasteiger charge is 2.61. The molecule has 1 aromatic carbocycles. The molecule has 3 aliphatic heterocycles. The molecule has 4 atom stereocenters. The van der Waals surface area contributed by atoms with Gasteiger partial charge in [-0.2, -0.15) is 0 Å². The molecule has 3 heterocycles. The number of carbonyl (C=O) groups is 2. The molecule has 1 spiro atoms. The minimum Gasteiger partial charge on any atom is -0.508 e. The van der Waals surface area contributed by atoms with Crippen molar-refractivity contribution in [3.63, 3.8) is 0 Å². The number of hydrogen-bond acceptors (Lipinski definition) is 6. The van der Waals surface area contributed by atoms with Crippen LogP contribution in [0.4, 0.5) is 5.69 Å². The van der Waals surface area contributed by atoms with E-state index in [2.05, 4.69) is 17.1 Å². The Bertz CT molecular complexity index is 867. The molecule has 3 aliphatic rings. The molecular formula is C22H28N2O5. The molecule has 2 fully saturated rings. The summed E-state index contributed by atoms with van der Waals surface area (Å²) >= 11 is 0. The lowest BCUT2D eigenvalue weighted by molar-refractivity contribution is -0.137. The van der Waals surface area contributed by atoms with E-state index in [1.165, 1.54) is 20.5 Å². The number of ether oxygens (including phenoxy) is 2. The van der Waals surface area contributed by atoms with E-state index in [0.29, 0.717) is 29.7 Å². The second kappa shape index (κ2) is 7.37. The number of anilines is 1. The first kappa shape index (κ1) is 19.8. The molecule has 0 aromatic heterocycles. The standard InChI is InChI=1S/C22H28N2O5/c1-4-13-11-24-9-8-22(19-16(23-21(22)27)6-5-7-17(19)25)18(24)10-14(13)15(12-28-2)20(26)29-3/h5-7,12-14,18,25H,4,8-11H2,1-3H3,(H,23,27)/t13-,14+,18-,22-/m1/s1. The summed E-state index contributed by atoms with van der Waals surface area (Å²) < 4.78 is 10.2. The minimum atomic E-state index is -0.800. The molecule has 4 rings (SSSR count). The lowest BCUT2D eigenvalue weighted by Gasteiger charge is -2.45. The van der Waals surface area contributed by atoms with E-state index in [0.717, 1.165) is 19.5 Å². The molecular weight excluding hydrogens is 372 g/mol. The van der Waals surface area contributed by atoms with Gasteiger partial charge in [0.05, 0.1) is 31.5 Å². The van der Waals surface area contributed by atoms with Crippen LogP contribution in [0.25, 0.3) is 0 Å². The summed E-state index contributed by atoms with van der Waals surface area (Å²) in [6.07, 6.45) is 3.67. The zero-order chi connectivity index (χ0) is 20.8. The Morgan fingerprint density at radius 3 is 2.90 bits per heavy atom. The molecule has 0 unspecified atom stereocenters. The summed E-state index contributed by atoms with van der Waals surface area (Å²) in [6.45, 7) is 3.70. The largest absolute Gasteiger partial charge is 0.508 e. The van der Waals surface area contributed by atoms with Crippen molar-refractivity contribution < 1.29 is 24.2 Å². The molecule has 0 bridgehead atoms. The van der Waals surface area contributed by atoms with Gasteiger partial charge in [0.2, 0.25) is 5.91 Å². The maximum atomic E-state index is 13.2. The number of nitrogens with one attached hydrogen (secondary N) is 1. The summed E-state index contributed by atoms with van der Waals surface area (Å²) in [7, 11) is 2.90. The molecule has 7 heteroatoms. The molecule has 2 N–H and O–H groups in total. The second-order valence-electron chi connectivity index (χ2n) is 8.20. The van der Waals surface area contributed by atoms with E-state index in [-0.39, 0.29) is 29.5 Å². The number of benzene rings is 1. The highest BCUT2D eigenvalue weighted by atomic mass is 16.5. The average molecular weight is 400 g/mol.